The highest BCUT2D eigenvalue weighted by molar-refractivity contribution is 8.15. The lowest BCUT2D eigenvalue weighted by Gasteiger charge is -2.19. The van der Waals surface area contributed by atoms with E-state index in [4.69, 9.17) is 11.1 Å². The number of hydrogen-bond acceptors (Lipinski definition) is 6. The normalized spacial score (nSPS) is 17.1. The van der Waals surface area contributed by atoms with Gasteiger partial charge in [0.05, 0.1) is 16.2 Å². The van der Waals surface area contributed by atoms with Gasteiger partial charge in [0.25, 0.3) is 0 Å². The molecule has 0 saturated heterocycles. The lowest BCUT2D eigenvalue weighted by Crippen LogP contribution is -2.18. The van der Waals surface area contributed by atoms with E-state index in [1.54, 1.807) is 26.0 Å². The number of aromatic amines is 1. The Bertz CT molecular complexity index is 927. The number of thioether (sulfide) groups is 1. The third-order valence-corrected chi connectivity index (χ3v) is 5.64. The molecule has 3 rings (SSSR count). The molecule has 0 spiro atoms. The van der Waals surface area contributed by atoms with Gasteiger partial charge < -0.3 is 16.2 Å². The summed E-state index contributed by atoms with van der Waals surface area (Å²) in [5.41, 5.74) is 8.34. The molecule has 0 bridgehead atoms. The van der Waals surface area contributed by atoms with Crippen molar-refractivity contribution in [3.63, 3.8) is 0 Å². The fraction of sp³-hybridized carbons (Fsp3) is 0.368. The molecule has 1 aromatic carbocycles. The van der Waals surface area contributed by atoms with Gasteiger partial charge in [-0.3, -0.25) is 10.5 Å². The van der Waals surface area contributed by atoms with Crippen molar-refractivity contribution in [3.8, 4) is 0 Å². The zero-order valence-electron chi connectivity index (χ0n) is 15.8. The molecule has 2 heterocycles. The Morgan fingerprint density at radius 2 is 2.19 bits per heavy atom. The number of anilines is 1. The van der Waals surface area contributed by atoms with E-state index < -0.39 is 11.4 Å². The van der Waals surface area contributed by atoms with Crippen LogP contribution in [0.2, 0.25) is 0 Å². The summed E-state index contributed by atoms with van der Waals surface area (Å²) >= 11 is 1.34. The van der Waals surface area contributed by atoms with Crippen LogP contribution in [0.3, 0.4) is 0 Å². The summed E-state index contributed by atoms with van der Waals surface area (Å²) in [5.74, 6) is 0.207. The van der Waals surface area contributed by atoms with Crippen LogP contribution in [0.15, 0.2) is 28.7 Å². The third kappa shape index (κ3) is 3.78. The molecule has 1 aliphatic heterocycles. The first-order valence-electron chi connectivity index (χ1n) is 8.66. The number of fused-ring (bicyclic) bond motifs is 1. The monoisotopic (exact) mass is 389 g/mol. The lowest BCUT2D eigenvalue weighted by molar-refractivity contribution is 0.0744. The molecule has 27 heavy (non-hydrogen) atoms. The van der Waals surface area contributed by atoms with Gasteiger partial charge in [0.2, 0.25) is 0 Å². The van der Waals surface area contributed by atoms with Crippen molar-refractivity contribution in [1.82, 2.24) is 10.2 Å². The molecule has 0 radical (unpaired) electrons. The first-order chi connectivity index (χ1) is 12.6. The molecule has 2 aromatic rings. The van der Waals surface area contributed by atoms with Crippen molar-refractivity contribution in [2.75, 3.05) is 5.32 Å². The summed E-state index contributed by atoms with van der Waals surface area (Å²) in [6.07, 6.45) is 0. The second kappa shape index (κ2) is 7.10. The Hall–Kier alpha value is -2.16. The first kappa shape index (κ1) is 19.6. The standard InChI is InChI=1S/C19H24FN5OS/c1-9(10(2)21)14-15-16(27-17(14)22)18(25-24-15)23-8-11-5-6-13(20)12(7-11)19(3,4)26/h5-7,10,22,26H,8,21H2,1-4H3,(H2,23,24,25)/b14-9-,22-17?. The summed E-state index contributed by atoms with van der Waals surface area (Å²) in [6, 6.07) is 4.53. The molecule has 0 amide bonds. The Labute approximate surface area is 161 Å². The van der Waals surface area contributed by atoms with E-state index in [0.29, 0.717) is 17.4 Å². The van der Waals surface area contributed by atoms with Crippen LogP contribution in [0.4, 0.5) is 10.2 Å². The molecule has 1 unspecified atom stereocenters. The molecule has 144 valence electrons. The lowest BCUT2D eigenvalue weighted by atomic mass is 9.96. The second-order valence-electron chi connectivity index (χ2n) is 7.28. The van der Waals surface area contributed by atoms with Gasteiger partial charge in [0, 0.05) is 23.7 Å². The van der Waals surface area contributed by atoms with Gasteiger partial charge in [-0.15, -0.1) is 0 Å². The van der Waals surface area contributed by atoms with Gasteiger partial charge in [0.15, 0.2) is 5.82 Å². The number of hydrogen-bond donors (Lipinski definition) is 5. The number of aromatic nitrogens is 2. The zero-order valence-corrected chi connectivity index (χ0v) is 16.6. The molecule has 6 N–H and O–H groups in total. The highest BCUT2D eigenvalue weighted by atomic mass is 32.2. The number of nitrogens with one attached hydrogen (secondary N) is 3. The number of nitrogens with two attached hydrogens (primary N) is 1. The van der Waals surface area contributed by atoms with E-state index in [-0.39, 0.29) is 11.6 Å². The molecule has 6 nitrogen and oxygen atoms in total. The van der Waals surface area contributed by atoms with Crippen molar-refractivity contribution in [2.24, 2.45) is 5.73 Å². The number of benzene rings is 1. The summed E-state index contributed by atoms with van der Waals surface area (Å²) < 4.78 is 13.9. The van der Waals surface area contributed by atoms with E-state index in [1.165, 1.54) is 17.8 Å². The Balaban J connectivity index is 1.84. The van der Waals surface area contributed by atoms with Crippen molar-refractivity contribution >= 4 is 28.2 Å². The van der Waals surface area contributed by atoms with E-state index in [1.807, 2.05) is 13.8 Å². The molecule has 1 atom stereocenters. The van der Waals surface area contributed by atoms with Crippen molar-refractivity contribution in [2.45, 2.75) is 50.8 Å². The first-order valence-corrected chi connectivity index (χ1v) is 9.48. The molecular formula is C19H24FN5OS. The Kier molecular flexibility index (Phi) is 5.16. The smallest absolute Gasteiger partial charge is 0.162 e. The minimum absolute atomic E-state index is 0.147. The summed E-state index contributed by atoms with van der Waals surface area (Å²) in [6.45, 7) is 7.34. The largest absolute Gasteiger partial charge is 0.386 e. The summed E-state index contributed by atoms with van der Waals surface area (Å²) in [4.78, 5) is 0.861. The highest BCUT2D eigenvalue weighted by Gasteiger charge is 2.30. The van der Waals surface area contributed by atoms with E-state index in [9.17, 15) is 9.50 Å². The van der Waals surface area contributed by atoms with E-state index in [0.717, 1.165) is 27.3 Å². The molecular weight excluding hydrogens is 365 g/mol. The van der Waals surface area contributed by atoms with Crippen LogP contribution in [-0.4, -0.2) is 26.4 Å². The van der Waals surface area contributed by atoms with Gasteiger partial charge in [-0.25, -0.2) is 4.39 Å². The topological polar surface area (TPSA) is 111 Å². The second-order valence-corrected chi connectivity index (χ2v) is 8.30. The van der Waals surface area contributed by atoms with Gasteiger partial charge in [-0.2, -0.15) is 5.10 Å². The molecule has 0 aliphatic carbocycles. The van der Waals surface area contributed by atoms with Crippen LogP contribution in [0, 0.1) is 11.2 Å². The number of H-pyrrole nitrogens is 1. The Morgan fingerprint density at radius 3 is 2.81 bits per heavy atom. The van der Waals surface area contributed by atoms with Crippen molar-refractivity contribution in [3.05, 3.63) is 46.4 Å². The van der Waals surface area contributed by atoms with Gasteiger partial charge in [0.1, 0.15) is 10.9 Å². The van der Waals surface area contributed by atoms with E-state index in [2.05, 4.69) is 15.5 Å². The molecule has 8 heteroatoms. The van der Waals surface area contributed by atoms with Crippen LogP contribution in [0.25, 0.3) is 5.57 Å². The van der Waals surface area contributed by atoms with Crippen molar-refractivity contribution in [1.29, 1.82) is 5.41 Å². The zero-order chi connectivity index (χ0) is 19.9. The number of halogens is 1. The third-order valence-electron chi connectivity index (χ3n) is 4.63. The maximum atomic E-state index is 13.9. The number of rotatable bonds is 5. The fourth-order valence-corrected chi connectivity index (χ4v) is 3.96. The highest BCUT2D eigenvalue weighted by Crippen LogP contribution is 2.45. The SMILES string of the molecule is C/C(=C1/C(=N)Sc2c(NCc3ccc(F)c(C(C)(C)O)c3)n[nH]c21)C(C)N. The van der Waals surface area contributed by atoms with Crippen LogP contribution >= 0.6 is 11.8 Å². The quantitative estimate of drug-likeness (QED) is 0.537. The Morgan fingerprint density at radius 1 is 1.48 bits per heavy atom. The summed E-state index contributed by atoms with van der Waals surface area (Å²) in [5, 5.41) is 29.3. The van der Waals surface area contributed by atoms with Crippen LogP contribution < -0.4 is 11.1 Å². The van der Waals surface area contributed by atoms with Crippen LogP contribution in [-0.2, 0) is 12.1 Å². The average Bonchev–Trinajstić information content (AvgIpc) is 3.10. The van der Waals surface area contributed by atoms with Gasteiger partial charge in [-0.05, 0) is 51.0 Å². The molecule has 0 fully saturated rings. The molecule has 0 saturated carbocycles. The number of nitrogens with zero attached hydrogens (tertiary/aromatic N) is 1. The fourth-order valence-electron chi connectivity index (χ4n) is 2.93. The van der Waals surface area contributed by atoms with E-state index >= 15 is 0 Å². The predicted octanol–water partition coefficient (Wildman–Crippen LogP) is 3.59. The predicted molar refractivity (Wildman–Crippen MR) is 107 cm³/mol. The number of aliphatic hydroxyl groups is 1. The van der Waals surface area contributed by atoms with Gasteiger partial charge >= 0.3 is 0 Å². The van der Waals surface area contributed by atoms with Gasteiger partial charge in [-0.1, -0.05) is 17.8 Å². The maximum absolute atomic E-state index is 13.9. The minimum atomic E-state index is -1.26. The van der Waals surface area contributed by atoms with Crippen LogP contribution in [0.1, 0.15) is 44.5 Å². The average molecular weight is 390 g/mol. The summed E-state index contributed by atoms with van der Waals surface area (Å²) in [7, 11) is 0. The van der Waals surface area contributed by atoms with Crippen LogP contribution in [0.5, 0.6) is 0 Å². The molecule has 1 aliphatic rings. The molecule has 1 aromatic heterocycles. The minimum Gasteiger partial charge on any atom is -0.386 e. The van der Waals surface area contributed by atoms with Crippen molar-refractivity contribution < 1.29 is 9.50 Å². The maximum Gasteiger partial charge on any atom is 0.162 e.